The van der Waals surface area contributed by atoms with E-state index in [4.69, 9.17) is 0 Å². The molecule has 2 atom stereocenters. The number of rotatable bonds is 5. The van der Waals surface area contributed by atoms with E-state index in [1.807, 2.05) is 6.92 Å². The Bertz CT molecular complexity index is 327. The minimum absolute atomic E-state index is 0.272. The van der Waals surface area contributed by atoms with Crippen LogP contribution in [0.1, 0.15) is 36.9 Å². The summed E-state index contributed by atoms with van der Waals surface area (Å²) in [5.41, 5.74) is 2.66. The second kappa shape index (κ2) is 4.98. The van der Waals surface area contributed by atoms with Gasteiger partial charge in [0, 0.05) is 12.6 Å². The molecule has 16 heavy (non-hydrogen) atoms. The minimum atomic E-state index is -0.272. The third-order valence-electron chi connectivity index (χ3n) is 3.16. The first-order valence-corrected chi connectivity index (χ1v) is 6.15. The van der Waals surface area contributed by atoms with Crippen molar-refractivity contribution < 1.29 is 5.11 Å². The second-order valence-electron chi connectivity index (χ2n) is 4.98. The summed E-state index contributed by atoms with van der Waals surface area (Å²) in [4.78, 5) is 0. The Morgan fingerprint density at radius 3 is 2.44 bits per heavy atom. The maximum Gasteiger partial charge on any atom is 0.0636 e. The van der Waals surface area contributed by atoms with Crippen molar-refractivity contribution in [1.82, 2.24) is 5.32 Å². The fraction of sp³-hybridized carbons (Fsp3) is 0.571. The van der Waals surface area contributed by atoms with Crippen LogP contribution in [0.5, 0.6) is 0 Å². The van der Waals surface area contributed by atoms with Gasteiger partial charge in [0.1, 0.15) is 0 Å². The van der Waals surface area contributed by atoms with Gasteiger partial charge in [0.25, 0.3) is 0 Å². The highest BCUT2D eigenvalue weighted by Crippen LogP contribution is 2.40. The van der Waals surface area contributed by atoms with E-state index in [9.17, 15) is 5.11 Å². The standard InChI is InChI=1S/C14H21NO/c1-10-3-5-12(6-4-10)14(13-7-8-13)15-9-11(2)16/h3-6,11,13-16H,7-9H2,1-2H3/t11-,14?/m0/s1. The first kappa shape index (κ1) is 11.6. The fourth-order valence-electron chi connectivity index (χ4n) is 2.06. The Balaban J connectivity index is 2.03. The molecule has 0 amide bonds. The zero-order chi connectivity index (χ0) is 11.5. The van der Waals surface area contributed by atoms with Crippen LogP contribution in [-0.2, 0) is 0 Å². The molecule has 1 aliphatic rings. The van der Waals surface area contributed by atoms with Crippen LogP contribution in [0, 0.1) is 12.8 Å². The molecule has 1 aromatic rings. The zero-order valence-corrected chi connectivity index (χ0v) is 10.1. The van der Waals surface area contributed by atoms with Gasteiger partial charge in [0.2, 0.25) is 0 Å². The molecule has 0 spiro atoms. The van der Waals surface area contributed by atoms with E-state index in [0.29, 0.717) is 12.6 Å². The van der Waals surface area contributed by atoms with E-state index >= 15 is 0 Å². The third kappa shape index (κ3) is 3.06. The van der Waals surface area contributed by atoms with Crippen LogP contribution < -0.4 is 5.32 Å². The molecule has 0 bridgehead atoms. The topological polar surface area (TPSA) is 32.3 Å². The van der Waals surface area contributed by atoms with Crippen LogP contribution >= 0.6 is 0 Å². The van der Waals surface area contributed by atoms with Crippen LogP contribution in [0.3, 0.4) is 0 Å². The van der Waals surface area contributed by atoms with Gasteiger partial charge in [-0.25, -0.2) is 0 Å². The SMILES string of the molecule is Cc1ccc(C(NC[C@H](C)O)C2CC2)cc1. The summed E-state index contributed by atoms with van der Waals surface area (Å²) in [6, 6.07) is 9.15. The van der Waals surface area contributed by atoms with Gasteiger partial charge < -0.3 is 10.4 Å². The summed E-state index contributed by atoms with van der Waals surface area (Å²) in [6.45, 7) is 4.61. The van der Waals surface area contributed by atoms with Crippen molar-refractivity contribution in [3.63, 3.8) is 0 Å². The van der Waals surface area contributed by atoms with Crippen LogP contribution in [0.15, 0.2) is 24.3 Å². The molecule has 1 saturated carbocycles. The highest BCUT2D eigenvalue weighted by Gasteiger charge is 2.31. The van der Waals surface area contributed by atoms with Gasteiger partial charge in [-0.1, -0.05) is 29.8 Å². The second-order valence-corrected chi connectivity index (χ2v) is 4.98. The van der Waals surface area contributed by atoms with E-state index in [0.717, 1.165) is 5.92 Å². The van der Waals surface area contributed by atoms with Crippen molar-refractivity contribution in [2.24, 2.45) is 5.92 Å². The number of hydrogen-bond acceptors (Lipinski definition) is 2. The first-order chi connectivity index (χ1) is 7.66. The van der Waals surface area contributed by atoms with Crippen molar-refractivity contribution >= 4 is 0 Å². The lowest BCUT2D eigenvalue weighted by Crippen LogP contribution is -2.30. The molecule has 0 aliphatic heterocycles. The molecule has 1 aliphatic carbocycles. The van der Waals surface area contributed by atoms with E-state index in [-0.39, 0.29) is 6.10 Å². The molecule has 1 fully saturated rings. The van der Waals surface area contributed by atoms with Gasteiger partial charge in [-0.2, -0.15) is 0 Å². The van der Waals surface area contributed by atoms with Crippen LogP contribution in [0.2, 0.25) is 0 Å². The van der Waals surface area contributed by atoms with Gasteiger partial charge >= 0.3 is 0 Å². The zero-order valence-electron chi connectivity index (χ0n) is 10.1. The van der Waals surface area contributed by atoms with Crippen molar-refractivity contribution in [1.29, 1.82) is 0 Å². The number of aryl methyl sites for hydroxylation is 1. The number of hydrogen-bond donors (Lipinski definition) is 2. The molecule has 0 aromatic heterocycles. The number of aliphatic hydroxyl groups is 1. The van der Waals surface area contributed by atoms with Gasteiger partial charge in [-0.05, 0) is 38.2 Å². The minimum Gasteiger partial charge on any atom is -0.392 e. The Labute approximate surface area is 97.7 Å². The average Bonchev–Trinajstić information content (AvgIpc) is 3.04. The summed E-state index contributed by atoms with van der Waals surface area (Å²) < 4.78 is 0. The summed E-state index contributed by atoms with van der Waals surface area (Å²) >= 11 is 0. The van der Waals surface area contributed by atoms with Gasteiger partial charge in [0.15, 0.2) is 0 Å². The summed E-state index contributed by atoms with van der Waals surface area (Å²) in [6.07, 6.45) is 2.35. The molecule has 0 heterocycles. The van der Waals surface area contributed by atoms with E-state index in [1.54, 1.807) is 0 Å². The maximum absolute atomic E-state index is 9.33. The van der Waals surface area contributed by atoms with Gasteiger partial charge in [-0.15, -0.1) is 0 Å². The molecular weight excluding hydrogens is 198 g/mol. The smallest absolute Gasteiger partial charge is 0.0636 e. The number of benzene rings is 1. The highest BCUT2D eigenvalue weighted by atomic mass is 16.3. The maximum atomic E-state index is 9.33. The Kier molecular flexibility index (Phi) is 3.62. The van der Waals surface area contributed by atoms with Crippen LogP contribution in [-0.4, -0.2) is 17.8 Å². The summed E-state index contributed by atoms with van der Waals surface area (Å²) in [7, 11) is 0. The van der Waals surface area contributed by atoms with Crippen molar-refractivity contribution in [3.05, 3.63) is 35.4 Å². The van der Waals surface area contributed by atoms with E-state index in [2.05, 4.69) is 36.5 Å². The van der Waals surface area contributed by atoms with Gasteiger partial charge in [-0.3, -0.25) is 0 Å². The molecule has 2 N–H and O–H groups in total. The van der Waals surface area contributed by atoms with Crippen LogP contribution in [0.4, 0.5) is 0 Å². The van der Waals surface area contributed by atoms with Crippen molar-refractivity contribution in [2.45, 2.75) is 38.8 Å². The monoisotopic (exact) mass is 219 g/mol. The molecular formula is C14H21NO. The predicted octanol–water partition coefficient (Wildman–Crippen LogP) is 2.42. The van der Waals surface area contributed by atoms with Crippen LogP contribution in [0.25, 0.3) is 0 Å². The van der Waals surface area contributed by atoms with Crippen molar-refractivity contribution in [2.75, 3.05) is 6.54 Å². The van der Waals surface area contributed by atoms with Crippen molar-refractivity contribution in [3.8, 4) is 0 Å². The Morgan fingerprint density at radius 2 is 1.94 bits per heavy atom. The molecule has 2 nitrogen and oxygen atoms in total. The molecule has 88 valence electrons. The molecule has 1 aromatic carbocycles. The predicted molar refractivity (Wildman–Crippen MR) is 66.3 cm³/mol. The number of aliphatic hydroxyl groups excluding tert-OH is 1. The summed E-state index contributed by atoms with van der Waals surface area (Å²) in [5, 5.41) is 12.8. The molecule has 0 radical (unpaired) electrons. The largest absolute Gasteiger partial charge is 0.392 e. The molecule has 2 heteroatoms. The third-order valence-corrected chi connectivity index (χ3v) is 3.16. The van der Waals surface area contributed by atoms with E-state index < -0.39 is 0 Å². The highest BCUT2D eigenvalue weighted by molar-refractivity contribution is 5.25. The Hall–Kier alpha value is -0.860. The normalized spacial score (nSPS) is 19.4. The lowest BCUT2D eigenvalue weighted by atomic mass is 10.0. The summed E-state index contributed by atoms with van der Waals surface area (Å²) in [5.74, 6) is 0.765. The molecule has 1 unspecified atom stereocenters. The lowest BCUT2D eigenvalue weighted by molar-refractivity contribution is 0.184. The molecule has 2 rings (SSSR count). The average molecular weight is 219 g/mol. The van der Waals surface area contributed by atoms with Gasteiger partial charge in [0.05, 0.1) is 6.10 Å². The fourth-order valence-corrected chi connectivity index (χ4v) is 2.06. The molecule has 0 saturated heterocycles. The quantitative estimate of drug-likeness (QED) is 0.797. The van der Waals surface area contributed by atoms with E-state index in [1.165, 1.54) is 24.0 Å². The lowest BCUT2D eigenvalue weighted by Gasteiger charge is -2.20. The Morgan fingerprint density at radius 1 is 1.31 bits per heavy atom. The number of nitrogens with one attached hydrogen (secondary N) is 1. The first-order valence-electron chi connectivity index (χ1n) is 6.15.